The number of likely N-dealkylation sites (tertiary alicyclic amines) is 1. The van der Waals surface area contributed by atoms with Crippen molar-refractivity contribution >= 4 is 23.6 Å². The van der Waals surface area contributed by atoms with Gasteiger partial charge in [0.25, 0.3) is 0 Å². The third-order valence-electron chi connectivity index (χ3n) is 2.76. The molecule has 2 amide bonds. The molecule has 0 aliphatic carbocycles. The van der Waals surface area contributed by atoms with Gasteiger partial charge in [0.1, 0.15) is 0 Å². The predicted octanol–water partition coefficient (Wildman–Crippen LogP) is 1.65. The average molecular weight is 272 g/mol. The van der Waals surface area contributed by atoms with Crippen LogP contribution in [0.1, 0.15) is 40.0 Å². The summed E-state index contributed by atoms with van der Waals surface area (Å²) in [6.45, 7) is 8.48. The number of carbonyl (C=O) groups excluding carboxylic acids is 2. The van der Waals surface area contributed by atoms with E-state index in [1.807, 2.05) is 4.90 Å². The first-order chi connectivity index (χ1) is 8.38. The topological polar surface area (TPSA) is 49.4 Å². The van der Waals surface area contributed by atoms with Gasteiger partial charge in [0.05, 0.1) is 5.75 Å². The van der Waals surface area contributed by atoms with Crippen LogP contribution in [0.5, 0.6) is 0 Å². The van der Waals surface area contributed by atoms with Crippen molar-refractivity contribution in [3.8, 4) is 0 Å². The molecule has 1 aliphatic heterocycles. The lowest BCUT2D eigenvalue weighted by Gasteiger charge is -2.17. The fourth-order valence-electron chi connectivity index (χ4n) is 1.77. The second kappa shape index (κ2) is 7.02. The summed E-state index contributed by atoms with van der Waals surface area (Å²) in [4.78, 5) is 25.1. The van der Waals surface area contributed by atoms with Gasteiger partial charge in [0.2, 0.25) is 11.8 Å². The van der Waals surface area contributed by atoms with E-state index in [1.54, 1.807) is 11.8 Å². The number of nitrogens with one attached hydrogen (secondary N) is 1. The molecular formula is C13H24N2O2S. The molecule has 0 aromatic carbocycles. The number of amides is 2. The third kappa shape index (κ3) is 6.28. The van der Waals surface area contributed by atoms with E-state index in [9.17, 15) is 9.59 Å². The Labute approximate surface area is 114 Å². The smallest absolute Gasteiger partial charge is 0.230 e. The quantitative estimate of drug-likeness (QED) is 0.828. The minimum Gasteiger partial charge on any atom is -0.355 e. The molecule has 1 rings (SSSR count). The normalized spacial score (nSPS) is 15.8. The Morgan fingerprint density at radius 3 is 2.39 bits per heavy atom. The zero-order valence-corrected chi connectivity index (χ0v) is 12.4. The molecule has 4 nitrogen and oxygen atoms in total. The molecule has 1 fully saturated rings. The van der Waals surface area contributed by atoms with Gasteiger partial charge in [-0.25, -0.2) is 0 Å². The largest absolute Gasteiger partial charge is 0.355 e. The third-order valence-corrected chi connectivity index (χ3v) is 4.03. The monoisotopic (exact) mass is 272 g/mol. The molecule has 104 valence electrons. The molecule has 1 heterocycles. The molecular weight excluding hydrogens is 248 g/mol. The van der Waals surface area contributed by atoms with E-state index in [1.165, 1.54) is 0 Å². The summed E-state index contributed by atoms with van der Waals surface area (Å²) < 4.78 is 0.0999. The van der Waals surface area contributed by atoms with Crippen molar-refractivity contribution in [1.29, 1.82) is 0 Å². The van der Waals surface area contributed by atoms with Crippen molar-refractivity contribution in [2.24, 2.45) is 0 Å². The van der Waals surface area contributed by atoms with Gasteiger partial charge in [-0.05, 0) is 12.8 Å². The summed E-state index contributed by atoms with van der Waals surface area (Å²) in [6, 6.07) is 0. The Balaban J connectivity index is 2.09. The number of hydrogen-bond acceptors (Lipinski definition) is 3. The summed E-state index contributed by atoms with van der Waals surface area (Å²) in [5.74, 6) is 0.641. The minimum atomic E-state index is 0.0177. The lowest BCUT2D eigenvalue weighted by atomic mass is 10.3. The molecule has 5 heteroatoms. The van der Waals surface area contributed by atoms with Crippen molar-refractivity contribution in [3.63, 3.8) is 0 Å². The maximum atomic E-state index is 11.7. The summed E-state index contributed by atoms with van der Waals surface area (Å²) in [5, 5.41) is 2.80. The van der Waals surface area contributed by atoms with Crippen molar-refractivity contribution in [2.45, 2.75) is 44.8 Å². The summed E-state index contributed by atoms with van der Waals surface area (Å²) in [7, 11) is 0. The summed E-state index contributed by atoms with van der Waals surface area (Å²) in [5.41, 5.74) is 0. The zero-order chi connectivity index (χ0) is 13.6. The Bertz CT molecular complexity index is 294. The maximum absolute atomic E-state index is 11.7. The van der Waals surface area contributed by atoms with Gasteiger partial charge >= 0.3 is 0 Å². The first kappa shape index (κ1) is 15.3. The molecule has 1 saturated heterocycles. The second-order valence-corrected chi connectivity index (χ2v) is 7.39. The van der Waals surface area contributed by atoms with Crippen LogP contribution in [-0.2, 0) is 9.59 Å². The Kier molecular flexibility index (Phi) is 5.99. The van der Waals surface area contributed by atoms with E-state index >= 15 is 0 Å². The highest BCUT2D eigenvalue weighted by Crippen LogP contribution is 2.22. The van der Waals surface area contributed by atoms with E-state index in [0.29, 0.717) is 18.7 Å². The number of thioether (sulfide) groups is 1. The highest BCUT2D eigenvalue weighted by molar-refractivity contribution is 8.01. The minimum absolute atomic E-state index is 0.0177. The maximum Gasteiger partial charge on any atom is 0.230 e. The molecule has 0 radical (unpaired) electrons. The molecule has 18 heavy (non-hydrogen) atoms. The first-order valence-corrected chi connectivity index (χ1v) is 7.55. The van der Waals surface area contributed by atoms with Crippen LogP contribution < -0.4 is 5.32 Å². The number of carbonyl (C=O) groups is 2. The molecule has 0 unspecified atom stereocenters. The second-order valence-electron chi connectivity index (χ2n) is 5.59. The number of rotatable bonds is 5. The summed E-state index contributed by atoms with van der Waals surface area (Å²) in [6.07, 6.45) is 2.65. The SMILES string of the molecule is CC(C)(C)SCC(=O)NCCC(=O)N1CCCC1. The van der Waals surface area contributed by atoms with Gasteiger partial charge in [0, 0.05) is 30.8 Å². The molecule has 0 aromatic rings. The van der Waals surface area contributed by atoms with Crippen LogP contribution in [0.3, 0.4) is 0 Å². The van der Waals surface area contributed by atoms with Crippen LogP contribution in [0, 0.1) is 0 Å². The molecule has 0 atom stereocenters. The van der Waals surface area contributed by atoms with Crippen LogP contribution in [0.2, 0.25) is 0 Å². The molecule has 1 aliphatic rings. The fourth-order valence-corrected chi connectivity index (χ4v) is 2.43. The van der Waals surface area contributed by atoms with Crippen LogP contribution in [0.4, 0.5) is 0 Å². The van der Waals surface area contributed by atoms with Crippen LogP contribution in [-0.4, -0.2) is 46.8 Å². The van der Waals surface area contributed by atoms with E-state index in [-0.39, 0.29) is 16.6 Å². The van der Waals surface area contributed by atoms with Gasteiger partial charge < -0.3 is 10.2 Å². The first-order valence-electron chi connectivity index (χ1n) is 6.57. The van der Waals surface area contributed by atoms with Crippen LogP contribution in [0.25, 0.3) is 0 Å². The van der Waals surface area contributed by atoms with Crippen molar-refractivity contribution in [3.05, 3.63) is 0 Å². The number of nitrogens with zero attached hydrogens (tertiary/aromatic N) is 1. The van der Waals surface area contributed by atoms with Gasteiger partial charge in [-0.15, -0.1) is 11.8 Å². The molecule has 0 bridgehead atoms. The van der Waals surface area contributed by atoms with Crippen molar-refractivity contribution in [1.82, 2.24) is 10.2 Å². The standard InChI is InChI=1S/C13H24N2O2S/c1-13(2,3)18-10-11(16)14-7-6-12(17)15-8-4-5-9-15/h4-10H2,1-3H3,(H,14,16). The van der Waals surface area contributed by atoms with Gasteiger partial charge in [-0.2, -0.15) is 0 Å². The Hall–Kier alpha value is -0.710. The zero-order valence-electron chi connectivity index (χ0n) is 11.6. The molecule has 1 N–H and O–H groups in total. The highest BCUT2D eigenvalue weighted by Gasteiger charge is 2.18. The van der Waals surface area contributed by atoms with Gasteiger partial charge in [0.15, 0.2) is 0 Å². The average Bonchev–Trinajstić information content (AvgIpc) is 2.78. The van der Waals surface area contributed by atoms with E-state index < -0.39 is 0 Å². The number of hydrogen-bond donors (Lipinski definition) is 1. The predicted molar refractivity (Wildman–Crippen MR) is 75.7 cm³/mol. The Morgan fingerprint density at radius 1 is 1.22 bits per heavy atom. The summed E-state index contributed by atoms with van der Waals surface area (Å²) >= 11 is 1.62. The van der Waals surface area contributed by atoms with Crippen LogP contribution >= 0.6 is 11.8 Å². The highest BCUT2D eigenvalue weighted by atomic mass is 32.2. The fraction of sp³-hybridized carbons (Fsp3) is 0.846. The van der Waals surface area contributed by atoms with Gasteiger partial charge in [-0.3, -0.25) is 9.59 Å². The van der Waals surface area contributed by atoms with Crippen molar-refractivity contribution < 1.29 is 9.59 Å². The Morgan fingerprint density at radius 2 is 1.83 bits per heavy atom. The van der Waals surface area contributed by atoms with Crippen molar-refractivity contribution in [2.75, 3.05) is 25.4 Å². The lowest BCUT2D eigenvalue weighted by molar-refractivity contribution is -0.130. The molecule has 0 saturated carbocycles. The molecule has 0 spiro atoms. The van der Waals surface area contributed by atoms with E-state index in [2.05, 4.69) is 26.1 Å². The lowest BCUT2D eigenvalue weighted by Crippen LogP contribution is -2.33. The van der Waals surface area contributed by atoms with Gasteiger partial charge in [-0.1, -0.05) is 20.8 Å². The van der Waals surface area contributed by atoms with E-state index in [0.717, 1.165) is 25.9 Å². The van der Waals surface area contributed by atoms with Crippen LogP contribution in [0.15, 0.2) is 0 Å². The van der Waals surface area contributed by atoms with E-state index in [4.69, 9.17) is 0 Å². The molecule has 0 aromatic heterocycles.